The number of thiazole rings is 1. The normalized spacial score (nSPS) is 15.5. The Kier molecular flexibility index (Phi) is 4.76. The standard InChI is InChI=1S/C20H22N4S/c1-16-4-2-3-5-19(16)20-22-14-18(25-20)15-23-10-12-24(13-11-23)17-6-8-21-9-7-17/h2-9,14H,10-13,15H2,1H3. The number of benzene rings is 1. The zero-order valence-electron chi connectivity index (χ0n) is 14.4. The highest BCUT2D eigenvalue weighted by molar-refractivity contribution is 7.15. The zero-order chi connectivity index (χ0) is 17.1. The Balaban J connectivity index is 1.37. The van der Waals surface area contributed by atoms with Gasteiger partial charge in [0.2, 0.25) is 0 Å². The van der Waals surface area contributed by atoms with Crippen LogP contribution in [0.1, 0.15) is 10.4 Å². The van der Waals surface area contributed by atoms with Crippen molar-refractivity contribution < 1.29 is 0 Å². The summed E-state index contributed by atoms with van der Waals surface area (Å²) in [7, 11) is 0. The topological polar surface area (TPSA) is 32.3 Å². The fourth-order valence-corrected chi connectivity index (χ4v) is 4.30. The van der Waals surface area contributed by atoms with Gasteiger partial charge in [-0.2, -0.15) is 0 Å². The van der Waals surface area contributed by atoms with Crippen molar-refractivity contribution in [3.05, 3.63) is 65.4 Å². The van der Waals surface area contributed by atoms with Crippen LogP contribution in [0.3, 0.4) is 0 Å². The molecule has 0 bridgehead atoms. The highest BCUT2D eigenvalue weighted by Crippen LogP contribution is 2.28. The van der Waals surface area contributed by atoms with E-state index in [4.69, 9.17) is 0 Å². The van der Waals surface area contributed by atoms with Crippen LogP contribution in [0.4, 0.5) is 5.69 Å². The van der Waals surface area contributed by atoms with Crippen molar-refractivity contribution >= 4 is 17.0 Å². The van der Waals surface area contributed by atoms with Crippen LogP contribution in [-0.4, -0.2) is 41.0 Å². The van der Waals surface area contributed by atoms with Crippen molar-refractivity contribution in [2.75, 3.05) is 31.1 Å². The minimum absolute atomic E-state index is 0.994. The third-order valence-corrected chi connectivity index (χ3v) is 5.72. The molecule has 0 N–H and O–H groups in total. The van der Waals surface area contributed by atoms with Crippen LogP contribution in [0.5, 0.6) is 0 Å². The maximum atomic E-state index is 4.65. The molecule has 1 saturated heterocycles. The molecule has 2 aromatic heterocycles. The highest BCUT2D eigenvalue weighted by atomic mass is 32.1. The van der Waals surface area contributed by atoms with Gasteiger partial charge >= 0.3 is 0 Å². The average molecular weight is 350 g/mol. The number of hydrogen-bond donors (Lipinski definition) is 0. The van der Waals surface area contributed by atoms with Crippen LogP contribution in [0.15, 0.2) is 55.0 Å². The Morgan fingerprint density at radius 1 is 1.00 bits per heavy atom. The minimum Gasteiger partial charge on any atom is -0.369 e. The van der Waals surface area contributed by atoms with E-state index in [9.17, 15) is 0 Å². The van der Waals surface area contributed by atoms with E-state index < -0.39 is 0 Å². The predicted molar refractivity (Wildman–Crippen MR) is 104 cm³/mol. The van der Waals surface area contributed by atoms with Gasteiger partial charge in [-0.05, 0) is 24.6 Å². The lowest BCUT2D eigenvalue weighted by atomic mass is 10.1. The molecule has 5 heteroatoms. The molecule has 4 rings (SSSR count). The molecule has 1 aliphatic heterocycles. The molecular weight excluding hydrogens is 328 g/mol. The molecule has 1 aliphatic rings. The first-order valence-electron chi connectivity index (χ1n) is 8.67. The maximum Gasteiger partial charge on any atom is 0.123 e. The van der Waals surface area contributed by atoms with Crippen LogP contribution in [0.2, 0.25) is 0 Å². The fourth-order valence-electron chi connectivity index (χ4n) is 3.26. The highest BCUT2D eigenvalue weighted by Gasteiger charge is 2.18. The van der Waals surface area contributed by atoms with Gasteiger partial charge in [-0.25, -0.2) is 4.98 Å². The van der Waals surface area contributed by atoms with Gasteiger partial charge in [0.15, 0.2) is 0 Å². The Morgan fingerprint density at radius 3 is 2.52 bits per heavy atom. The maximum absolute atomic E-state index is 4.65. The van der Waals surface area contributed by atoms with Crippen molar-refractivity contribution in [1.29, 1.82) is 0 Å². The largest absolute Gasteiger partial charge is 0.369 e. The molecule has 3 aromatic rings. The van der Waals surface area contributed by atoms with Crippen molar-refractivity contribution in [2.45, 2.75) is 13.5 Å². The molecule has 25 heavy (non-hydrogen) atoms. The van der Waals surface area contributed by atoms with Crippen LogP contribution >= 0.6 is 11.3 Å². The SMILES string of the molecule is Cc1ccccc1-c1ncc(CN2CCN(c3ccncc3)CC2)s1. The van der Waals surface area contributed by atoms with Gasteiger partial charge < -0.3 is 4.90 Å². The van der Waals surface area contributed by atoms with E-state index in [1.54, 1.807) is 0 Å². The fraction of sp³-hybridized carbons (Fsp3) is 0.300. The second kappa shape index (κ2) is 7.33. The summed E-state index contributed by atoms with van der Waals surface area (Å²) in [4.78, 5) is 15.0. The summed E-state index contributed by atoms with van der Waals surface area (Å²) in [6.07, 6.45) is 5.78. The second-order valence-corrected chi connectivity index (χ2v) is 7.53. The van der Waals surface area contributed by atoms with Crippen LogP contribution < -0.4 is 4.90 Å². The number of rotatable bonds is 4. The van der Waals surface area contributed by atoms with E-state index in [0.717, 1.165) is 37.7 Å². The number of aryl methyl sites for hydroxylation is 1. The molecule has 0 atom stereocenters. The smallest absolute Gasteiger partial charge is 0.123 e. The Bertz CT molecular complexity index is 822. The van der Waals surface area contributed by atoms with Gasteiger partial charge in [0.1, 0.15) is 5.01 Å². The summed E-state index contributed by atoms with van der Waals surface area (Å²) >= 11 is 1.82. The monoisotopic (exact) mass is 350 g/mol. The molecule has 1 fully saturated rings. The summed E-state index contributed by atoms with van der Waals surface area (Å²) in [5.41, 5.74) is 3.81. The molecule has 1 aromatic carbocycles. The third kappa shape index (κ3) is 3.72. The first kappa shape index (κ1) is 16.2. The van der Waals surface area contributed by atoms with Crippen LogP contribution in [-0.2, 0) is 6.54 Å². The molecule has 0 aliphatic carbocycles. The summed E-state index contributed by atoms with van der Waals surface area (Å²) in [5.74, 6) is 0. The first-order valence-corrected chi connectivity index (χ1v) is 9.49. The van der Waals surface area contributed by atoms with Gasteiger partial charge in [-0.1, -0.05) is 24.3 Å². The molecule has 3 heterocycles. The molecule has 128 valence electrons. The lowest BCUT2D eigenvalue weighted by molar-refractivity contribution is 0.252. The van der Waals surface area contributed by atoms with Crippen molar-refractivity contribution in [3.63, 3.8) is 0 Å². The number of anilines is 1. The van der Waals surface area contributed by atoms with Gasteiger partial charge in [0.05, 0.1) is 0 Å². The Morgan fingerprint density at radius 2 is 1.76 bits per heavy atom. The molecule has 0 radical (unpaired) electrons. The Hall–Kier alpha value is -2.24. The quantitative estimate of drug-likeness (QED) is 0.716. The van der Waals surface area contributed by atoms with Crippen molar-refractivity contribution in [1.82, 2.24) is 14.9 Å². The lowest BCUT2D eigenvalue weighted by Crippen LogP contribution is -2.45. The van der Waals surface area contributed by atoms with E-state index in [1.165, 1.54) is 21.7 Å². The van der Waals surface area contributed by atoms with Crippen molar-refractivity contribution in [3.8, 4) is 10.6 Å². The van der Waals surface area contributed by atoms with E-state index in [-0.39, 0.29) is 0 Å². The molecular formula is C20H22N4S. The average Bonchev–Trinajstić information content (AvgIpc) is 3.12. The molecule has 0 saturated carbocycles. The molecule has 0 amide bonds. The molecule has 4 nitrogen and oxygen atoms in total. The zero-order valence-corrected chi connectivity index (χ0v) is 15.2. The van der Waals surface area contributed by atoms with Crippen molar-refractivity contribution in [2.24, 2.45) is 0 Å². The van der Waals surface area contributed by atoms with Crippen LogP contribution in [0.25, 0.3) is 10.6 Å². The van der Waals surface area contributed by atoms with E-state index in [2.05, 4.69) is 63.1 Å². The minimum atomic E-state index is 0.994. The number of aromatic nitrogens is 2. The molecule has 0 spiro atoms. The van der Waals surface area contributed by atoms with Gasteiger partial charge in [0, 0.05) is 67.4 Å². The predicted octanol–water partition coefficient (Wildman–Crippen LogP) is 3.84. The van der Waals surface area contributed by atoms with Gasteiger partial charge in [0.25, 0.3) is 0 Å². The number of nitrogens with zero attached hydrogens (tertiary/aromatic N) is 4. The van der Waals surface area contributed by atoms with E-state index >= 15 is 0 Å². The summed E-state index contributed by atoms with van der Waals surface area (Å²) in [5, 5.41) is 1.13. The lowest BCUT2D eigenvalue weighted by Gasteiger charge is -2.35. The summed E-state index contributed by atoms with van der Waals surface area (Å²) in [6.45, 7) is 7.43. The first-order chi connectivity index (χ1) is 12.3. The number of piperazine rings is 1. The third-order valence-electron chi connectivity index (χ3n) is 4.71. The van der Waals surface area contributed by atoms with Crippen LogP contribution in [0, 0.1) is 6.92 Å². The van der Waals surface area contributed by atoms with E-state index in [1.807, 2.05) is 29.9 Å². The van der Waals surface area contributed by atoms with Gasteiger partial charge in [-0.3, -0.25) is 9.88 Å². The number of hydrogen-bond acceptors (Lipinski definition) is 5. The summed E-state index contributed by atoms with van der Waals surface area (Å²) in [6, 6.07) is 12.7. The molecule has 0 unspecified atom stereocenters. The Labute approximate surface area is 152 Å². The summed E-state index contributed by atoms with van der Waals surface area (Å²) < 4.78 is 0. The number of pyridine rings is 1. The van der Waals surface area contributed by atoms with E-state index in [0.29, 0.717) is 0 Å². The second-order valence-electron chi connectivity index (χ2n) is 6.42. The van der Waals surface area contributed by atoms with Gasteiger partial charge in [-0.15, -0.1) is 11.3 Å².